The minimum atomic E-state index is -3.61. The van der Waals surface area contributed by atoms with E-state index < -0.39 is 15.7 Å². The van der Waals surface area contributed by atoms with E-state index in [0.29, 0.717) is 22.1 Å². The van der Waals surface area contributed by atoms with Gasteiger partial charge >= 0.3 is 0 Å². The van der Waals surface area contributed by atoms with Gasteiger partial charge in [-0.15, -0.1) is 0 Å². The molecule has 9 heteroatoms. The number of anilines is 1. The number of aromatic nitrogens is 1. The number of thiazole rings is 1. The molecule has 0 aliphatic carbocycles. The largest absolute Gasteiger partial charge is 0.495 e. The second kappa shape index (κ2) is 9.82. The SMILES string of the molecule is CCS(=O)(=O)c1ccccc1C(=O)N(Cc1ccccc1)c1nc2c(OC)ccc(OC)c2s1. The molecular weight excluding hydrogens is 472 g/mol. The van der Waals surface area contributed by atoms with Crippen molar-refractivity contribution in [1.82, 2.24) is 4.98 Å². The topological polar surface area (TPSA) is 85.8 Å². The summed E-state index contributed by atoms with van der Waals surface area (Å²) >= 11 is 1.29. The van der Waals surface area contributed by atoms with E-state index in [-0.39, 0.29) is 22.8 Å². The van der Waals surface area contributed by atoms with E-state index in [0.717, 1.165) is 10.3 Å². The van der Waals surface area contributed by atoms with Crippen LogP contribution in [-0.4, -0.2) is 39.3 Å². The van der Waals surface area contributed by atoms with Gasteiger partial charge in [0.2, 0.25) is 0 Å². The Morgan fingerprint density at radius 2 is 1.59 bits per heavy atom. The highest BCUT2D eigenvalue weighted by Gasteiger charge is 2.28. The fraction of sp³-hybridized carbons (Fsp3) is 0.200. The summed E-state index contributed by atoms with van der Waals surface area (Å²) in [4.78, 5) is 20.1. The van der Waals surface area contributed by atoms with Gasteiger partial charge in [0.05, 0.1) is 37.0 Å². The molecule has 0 saturated carbocycles. The lowest BCUT2D eigenvalue weighted by molar-refractivity contribution is 0.0982. The van der Waals surface area contributed by atoms with Crippen LogP contribution in [0, 0.1) is 0 Å². The van der Waals surface area contributed by atoms with Gasteiger partial charge in [-0.3, -0.25) is 9.69 Å². The molecule has 0 fully saturated rings. The number of amides is 1. The van der Waals surface area contributed by atoms with Gasteiger partial charge in [0.1, 0.15) is 21.7 Å². The lowest BCUT2D eigenvalue weighted by atomic mass is 10.1. The summed E-state index contributed by atoms with van der Waals surface area (Å²) in [5, 5.41) is 0.412. The van der Waals surface area contributed by atoms with Gasteiger partial charge in [-0.1, -0.05) is 60.7 Å². The Hall–Kier alpha value is -3.43. The van der Waals surface area contributed by atoms with Crippen LogP contribution in [0.25, 0.3) is 10.2 Å². The predicted octanol–water partition coefficient (Wildman–Crippen LogP) is 4.95. The normalized spacial score (nSPS) is 11.4. The number of fused-ring (bicyclic) bond motifs is 1. The van der Waals surface area contributed by atoms with Crippen LogP contribution in [0.4, 0.5) is 5.13 Å². The van der Waals surface area contributed by atoms with Crippen LogP contribution in [0.5, 0.6) is 11.5 Å². The van der Waals surface area contributed by atoms with Crippen LogP contribution >= 0.6 is 11.3 Å². The second-order valence-corrected chi connectivity index (χ2v) is 10.6. The maximum absolute atomic E-state index is 13.9. The number of carbonyl (C=O) groups excluding carboxylic acids is 1. The number of hydrogen-bond acceptors (Lipinski definition) is 7. The van der Waals surface area contributed by atoms with Gasteiger partial charge in [0.15, 0.2) is 15.0 Å². The minimum absolute atomic E-state index is 0.0110. The summed E-state index contributed by atoms with van der Waals surface area (Å²) in [6, 6.07) is 19.3. The van der Waals surface area contributed by atoms with E-state index >= 15 is 0 Å². The molecule has 7 nitrogen and oxygen atoms in total. The highest BCUT2D eigenvalue weighted by atomic mass is 32.2. The Kier molecular flexibility index (Phi) is 6.85. The summed E-state index contributed by atoms with van der Waals surface area (Å²) in [7, 11) is -0.489. The third-order valence-electron chi connectivity index (χ3n) is 5.39. The Labute approximate surface area is 202 Å². The molecule has 4 rings (SSSR count). The van der Waals surface area contributed by atoms with Gasteiger partial charge in [-0.05, 0) is 29.8 Å². The number of carbonyl (C=O) groups is 1. The molecule has 0 radical (unpaired) electrons. The first-order chi connectivity index (χ1) is 16.4. The number of benzene rings is 3. The molecule has 0 N–H and O–H groups in total. The van der Waals surface area contributed by atoms with E-state index in [1.807, 2.05) is 30.3 Å². The van der Waals surface area contributed by atoms with Crippen LogP contribution in [0.15, 0.2) is 71.6 Å². The highest BCUT2D eigenvalue weighted by molar-refractivity contribution is 7.91. The van der Waals surface area contributed by atoms with Crippen molar-refractivity contribution in [2.45, 2.75) is 18.4 Å². The first kappa shape index (κ1) is 23.7. The smallest absolute Gasteiger partial charge is 0.261 e. The Morgan fingerprint density at radius 1 is 0.941 bits per heavy atom. The van der Waals surface area contributed by atoms with Crippen LogP contribution in [-0.2, 0) is 16.4 Å². The lowest BCUT2D eigenvalue weighted by Crippen LogP contribution is -2.31. The monoisotopic (exact) mass is 496 g/mol. The van der Waals surface area contributed by atoms with Crippen LogP contribution in [0.2, 0.25) is 0 Å². The van der Waals surface area contributed by atoms with Gasteiger partial charge in [0.25, 0.3) is 5.91 Å². The predicted molar refractivity (Wildman–Crippen MR) is 134 cm³/mol. The fourth-order valence-electron chi connectivity index (χ4n) is 3.60. The lowest BCUT2D eigenvalue weighted by Gasteiger charge is -2.21. The minimum Gasteiger partial charge on any atom is -0.495 e. The Morgan fingerprint density at radius 3 is 2.26 bits per heavy atom. The molecule has 1 heterocycles. The molecule has 176 valence electrons. The molecule has 1 amide bonds. The summed E-state index contributed by atoms with van der Waals surface area (Å²) in [5.41, 5.74) is 1.56. The molecule has 4 aromatic rings. The number of rotatable bonds is 8. The molecule has 0 bridgehead atoms. The molecule has 3 aromatic carbocycles. The zero-order chi connectivity index (χ0) is 24.3. The maximum Gasteiger partial charge on any atom is 0.261 e. The number of sulfone groups is 1. The summed E-state index contributed by atoms with van der Waals surface area (Å²) < 4.78 is 37.2. The molecule has 0 spiro atoms. The molecule has 34 heavy (non-hydrogen) atoms. The maximum atomic E-state index is 13.9. The average molecular weight is 497 g/mol. The quantitative estimate of drug-likeness (QED) is 0.343. The number of ether oxygens (including phenoxy) is 2. The molecule has 0 aliphatic rings. The van der Waals surface area contributed by atoms with Gasteiger partial charge < -0.3 is 9.47 Å². The van der Waals surface area contributed by atoms with Gasteiger partial charge in [0, 0.05) is 0 Å². The number of hydrogen-bond donors (Lipinski definition) is 0. The zero-order valence-electron chi connectivity index (χ0n) is 19.0. The summed E-state index contributed by atoms with van der Waals surface area (Å²) in [6.45, 7) is 1.77. The first-order valence-electron chi connectivity index (χ1n) is 10.6. The third-order valence-corrected chi connectivity index (χ3v) is 8.27. The highest BCUT2D eigenvalue weighted by Crippen LogP contribution is 2.41. The van der Waals surface area contributed by atoms with E-state index in [1.165, 1.54) is 28.4 Å². The van der Waals surface area contributed by atoms with Crippen molar-refractivity contribution < 1.29 is 22.7 Å². The standard InChI is InChI=1S/C25H24N2O5S2/c1-4-34(29,30)21-13-9-8-12-18(21)24(28)27(16-17-10-6-5-7-11-17)25-26-22-19(31-2)14-15-20(32-3)23(22)33-25/h5-15H,4,16H2,1-3H3. The molecule has 0 atom stereocenters. The van der Waals surface area contributed by atoms with E-state index in [4.69, 9.17) is 14.5 Å². The van der Waals surface area contributed by atoms with Crippen LogP contribution < -0.4 is 14.4 Å². The van der Waals surface area contributed by atoms with Gasteiger partial charge in [-0.25, -0.2) is 13.4 Å². The van der Waals surface area contributed by atoms with Crippen molar-refractivity contribution in [1.29, 1.82) is 0 Å². The number of nitrogens with zero attached hydrogens (tertiary/aromatic N) is 2. The van der Waals surface area contributed by atoms with E-state index in [2.05, 4.69) is 0 Å². The molecule has 0 unspecified atom stereocenters. The van der Waals surface area contributed by atoms with Crippen molar-refractivity contribution in [3.63, 3.8) is 0 Å². The molecule has 1 aromatic heterocycles. The van der Waals surface area contributed by atoms with E-state index in [1.54, 1.807) is 45.4 Å². The summed E-state index contributed by atoms with van der Waals surface area (Å²) in [5.74, 6) is 0.611. The van der Waals surface area contributed by atoms with Crippen molar-refractivity contribution >= 4 is 42.4 Å². The molecular formula is C25H24N2O5S2. The second-order valence-electron chi connectivity index (χ2n) is 7.42. The Bertz CT molecular complexity index is 1390. The Balaban J connectivity index is 1.89. The van der Waals surface area contributed by atoms with Crippen molar-refractivity contribution in [3.05, 3.63) is 77.9 Å². The molecule has 0 saturated heterocycles. The molecule has 0 aliphatic heterocycles. The first-order valence-corrected chi connectivity index (χ1v) is 13.1. The van der Waals surface area contributed by atoms with Gasteiger partial charge in [-0.2, -0.15) is 0 Å². The van der Waals surface area contributed by atoms with Crippen LogP contribution in [0.1, 0.15) is 22.8 Å². The fourth-order valence-corrected chi connectivity index (χ4v) is 5.76. The number of methoxy groups -OCH3 is 2. The van der Waals surface area contributed by atoms with E-state index in [9.17, 15) is 13.2 Å². The van der Waals surface area contributed by atoms with Crippen molar-refractivity contribution in [3.8, 4) is 11.5 Å². The van der Waals surface area contributed by atoms with Crippen molar-refractivity contribution in [2.24, 2.45) is 0 Å². The van der Waals surface area contributed by atoms with Crippen molar-refractivity contribution in [2.75, 3.05) is 24.9 Å². The van der Waals surface area contributed by atoms with Crippen LogP contribution in [0.3, 0.4) is 0 Å². The summed E-state index contributed by atoms with van der Waals surface area (Å²) in [6.07, 6.45) is 0. The zero-order valence-corrected chi connectivity index (χ0v) is 20.7. The average Bonchev–Trinajstić information content (AvgIpc) is 3.32. The third kappa shape index (κ3) is 4.49.